The van der Waals surface area contributed by atoms with E-state index in [4.69, 9.17) is 4.74 Å². The Bertz CT molecular complexity index is 420. The normalized spacial score (nSPS) is 22.8. The van der Waals surface area contributed by atoms with Gasteiger partial charge in [-0.15, -0.1) is 0 Å². The van der Waals surface area contributed by atoms with Crippen LogP contribution in [0, 0.1) is 23.1 Å². The molecule has 1 aliphatic rings. The van der Waals surface area contributed by atoms with Crippen molar-refractivity contribution in [1.29, 1.82) is 5.26 Å². The molecule has 2 rings (SSSR count). The van der Waals surface area contributed by atoms with Crippen LogP contribution in [0.5, 0.6) is 0 Å². The van der Waals surface area contributed by atoms with Crippen LogP contribution >= 0.6 is 0 Å². The third-order valence-electron chi connectivity index (χ3n) is 3.23. The number of nitrogens with zero attached hydrogens (tertiary/aromatic N) is 1. The Morgan fingerprint density at radius 2 is 2.18 bits per heavy atom. The Balaban J connectivity index is 2.14. The smallest absolute Gasteiger partial charge is 0.127 e. The zero-order valence-corrected chi connectivity index (χ0v) is 9.74. The molecule has 0 radical (unpaired) electrons. The van der Waals surface area contributed by atoms with Crippen molar-refractivity contribution in [3.05, 3.63) is 30.1 Å². The Hall–Kier alpha value is -1.60. The average molecular weight is 234 g/mol. The molecule has 3 nitrogen and oxygen atoms in total. The van der Waals surface area contributed by atoms with Crippen LogP contribution in [0.2, 0.25) is 0 Å². The highest BCUT2D eigenvalue weighted by molar-refractivity contribution is 5.47. The van der Waals surface area contributed by atoms with E-state index in [0.717, 1.165) is 12.1 Å². The fourth-order valence-electron chi connectivity index (χ4n) is 2.04. The van der Waals surface area contributed by atoms with E-state index in [9.17, 15) is 9.65 Å². The average Bonchev–Trinajstić information content (AvgIpc) is 2.86. The lowest BCUT2D eigenvalue weighted by Gasteiger charge is -2.29. The van der Waals surface area contributed by atoms with E-state index in [1.807, 2.05) is 6.92 Å². The largest absolute Gasteiger partial charge is 0.381 e. The first-order valence-corrected chi connectivity index (χ1v) is 5.67. The van der Waals surface area contributed by atoms with Crippen LogP contribution in [0.3, 0.4) is 0 Å². The molecule has 2 atom stereocenters. The first kappa shape index (κ1) is 11.9. The predicted molar refractivity (Wildman–Crippen MR) is 63.0 cm³/mol. The molecule has 0 saturated carbocycles. The highest BCUT2D eigenvalue weighted by atomic mass is 19.1. The van der Waals surface area contributed by atoms with Crippen molar-refractivity contribution in [3.8, 4) is 6.07 Å². The van der Waals surface area contributed by atoms with E-state index in [2.05, 4.69) is 11.4 Å². The summed E-state index contributed by atoms with van der Waals surface area (Å²) in [6.07, 6.45) is 0.873. The van der Waals surface area contributed by atoms with Gasteiger partial charge in [0.15, 0.2) is 0 Å². The van der Waals surface area contributed by atoms with Gasteiger partial charge in [0.1, 0.15) is 11.4 Å². The number of nitrogens with one attached hydrogen (secondary N) is 1. The van der Waals surface area contributed by atoms with E-state index >= 15 is 0 Å². The summed E-state index contributed by atoms with van der Waals surface area (Å²) >= 11 is 0. The summed E-state index contributed by atoms with van der Waals surface area (Å²) in [4.78, 5) is 0. The number of rotatable bonds is 3. The van der Waals surface area contributed by atoms with Crippen LogP contribution < -0.4 is 5.32 Å². The lowest BCUT2D eigenvalue weighted by molar-refractivity contribution is 0.178. The molecule has 1 heterocycles. The third-order valence-corrected chi connectivity index (χ3v) is 3.23. The summed E-state index contributed by atoms with van der Waals surface area (Å²) in [5.41, 5.74) is 0.0799. The van der Waals surface area contributed by atoms with Gasteiger partial charge in [0.05, 0.1) is 12.7 Å². The van der Waals surface area contributed by atoms with E-state index in [1.54, 1.807) is 12.1 Å². The maximum atomic E-state index is 12.8. The number of nitriles is 1. The monoisotopic (exact) mass is 234 g/mol. The lowest BCUT2D eigenvalue weighted by atomic mass is 9.86. The second-order valence-corrected chi connectivity index (χ2v) is 4.51. The first-order chi connectivity index (χ1) is 8.14. The molecular formula is C13H15FN2O. The van der Waals surface area contributed by atoms with Gasteiger partial charge in [-0.1, -0.05) is 0 Å². The van der Waals surface area contributed by atoms with Crippen molar-refractivity contribution in [2.75, 3.05) is 18.5 Å². The van der Waals surface area contributed by atoms with Crippen LogP contribution in [-0.4, -0.2) is 18.8 Å². The van der Waals surface area contributed by atoms with E-state index < -0.39 is 5.54 Å². The number of ether oxygens (including phenoxy) is 1. The summed E-state index contributed by atoms with van der Waals surface area (Å²) in [6, 6.07) is 8.34. The van der Waals surface area contributed by atoms with Crippen molar-refractivity contribution in [1.82, 2.24) is 0 Å². The zero-order valence-electron chi connectivity index (χ0n) is 9.74. The predicted octanol–water partition coefficient (Wildman–Crippen LogP) is 2.56. The molecule has 2 unspecified atom stereocenters. The molecule has 0 aromatic heterocycles. The number of anilines is 1. The molecule has 1 aromatic rings. The maximum Gasteiger partial charge on any atom is 0.127 e. The van der Waals surface area contributed by atoms with Crippen molar-refractivity contribution in [2.45, 2.75) is 18.9 Å². The molecule has 0 aliphatic carbocycles. The Labute approximate surface area is 100 Å². The Morgan fingerprint density at radius 3 is 2.71 bits per heavy atom. The van der Waals surface area contributed by atoms with E-state index in [-0.39, 0.29) is 11.7 Å². The fraction of sp³-hybridized carbons (Fsp3) is 0.462. The van der Waals surface area contributed by atoms with Crippen LogP contribution in [0.25, 0.3) is 0 Å². The van der Waals surface area contributed by atoms with Gasteiger partial charge in [-0.25, -0.2) is 4.39 Å². The molecule has 0 spiro atoms. The standard InChI is InChI=1S/C13H15FN2O/c1-13(9-15,10-6-7-17-8-10)16-12-4-2-11(14)3-5-12/h2-5,10,16H,6-8H2,1H3. The second-order valence-electron chi connectivity index (χ2n) is 4.51. The van der Waals surface area contributed by atoms with E-state index in [0.29, 0.717) is 13.2 Å². The Kier molecular flexibility index (Phi) is 3.30. The maximum absolute atomic E-state index is 12.8. The van der Waals surface area contributed by atoms with Gasteiger partial charge < -0.3 is 10.1 Å². The van der Waals surface area contributed by atoms with Crippen LogP contribution in [-0.2, 0) is 4.74 Å². The van der Waals surface area contributed by atoms with Gasteiger partial charge >= 0.3 is 0 Å². The van der Waals surface area contributed by atoms with Crippen LogP contribution in [0.1, 0.15) is 13.3 Å². The lowest BCUT2D eigenvalue weighted by Crippen LogP contribution is -2.41. The summed E-state index contributed by atoms with van der Waals surface area (Å²) in [6.45, 7) is 3.15. The molecule has 0 amide bonds. The van der Waals surface area contributed by atoms with E-state index in [1.165, 1.54) is 12.1 Å². The molecule has 1 aromatic carbocycles. The number of halogens is 1. The molecule has 0 bridgehead atoms. The minimum absolute atomic E-state index is 0.164. The summed E-state index contributed by atoms with van der Waals surface area (Å²) in [7, 11) is 0. The molecule has 1 fully saturated rings. The minimum atomic E-state index is -0.672. The van der Waals surface area contributed by atoms with Crippen LogP contribution in [0.15, 0.2) is 24.3 Å². The highest BCUT2D eigenvalue weighted by Gasteiger charge is 2.36. The SMILES string of the molecule is CC(C#N)(Nc1ccc(F)cc1)C1CCOC1. The summed E-state index contributed by atoms with van der Waals surface area (Å²) in [5.74, 6) is -0.115. The topological polar surface area (TPSA) is 45.0 Å². The fourth-order valence-corrected chi connectivity index (χ4v) is 2.04. The Morgan fingerprint density at radius 1 is 1.47 bits per heavy atom. The van der Waals surface area contributed by atoms with Gasteiger partial charge in [-0.05, 0) is 37.6 Å². The minimum Gasteiger partial charge on any atom is -0.381 e. The van der Waals surface area contributed by atoms with Gasteiger partial charge in [0.2, 0.25) is 0 Å². The quantitative estimate of drug-likeness (QED) is 0.874. The van der Waals surface area contributed by atoms with Crippen molar-refractivity contribution >= 4 is 5.69 Å². The second kappa shape index (κ2) is 4.72. The molecule has 90 valence electrons. The summed E-state index contributed by atoms with van der Waals surface area (Å²) in [5, 5.41) is 12.5. The van der Waals surface area contributed by atoms with Gasteiger partial charge in [0.25, 0.3) is 0 Å². The first-order valence-electron chi connectivity index (χ1n) is 5.67. The number of benzene rings is 1. The van der Waals surface area contributed by atoms with Crippen LogP contribution in [0.4, 0.5) is 10.1 Å². The number of hydrogen-bond donors (Lipinski definition) is 1. The van der Waals surface area contributed by atoms with Gasteiger partial charge in [-0.2, -0.15) is 5.26 Å². The number of hydrogen-bond acceptors (Lipinski definition) is 3. The van der Waals surface area contributed by atoms with Crippen molar-refractivity contribution in [3.63, 3.8) is 0 Å². The van der Waals surface area contributed by atoms with Crippen molar-refractivity contribution in [2.24, 2.45) is 5.92 Å². The molecule has 17 heavy (non-hydrogen) atoms. The van der Waals surface area contributed by atoms with Crippen molar-refractivity contribution < 1.29 is 9.13 Å². The third kappa shape index (κ3) is 2.56. The molecule has 1 N–H and O–H groups in total. The zero-order chi connectivity index (χ0) is 12.3. The summed E-state index contributed by atoms with van der Waals surface area (Å²) < 4.78 is 18.1. The van der Waals surface area contributed by atoms with Gasteiger partial charge in [0, 0.05) is 18.2 Å². The highest BCUT2D eigenvalue weighted by Crippen LogP contribution is 2.29. The molecule has 1 saturated heterocycles. The molecular weight excluding hydrogens is 219 g/mol. The molecule has 1 aliphatic heterocycles. The van der Waals surface area contributed by atoms with Gasteiger partial charge in [-0.3, -0.25) is 0 Å². The molecule has 4 heteroatoms.